The highest BCUT2D eigenvalue weighted by Gasteiger charge is 2.09. The van der Waals surface area contributed by atoms with Crippen LogP contribution < -0.4 is 0 Å². The largest absolute Gasteiger partial charge is 0.412 e. The van der Waals surface area contributed by atoms with Crippen molar-refractivity contribution in [2.75, 3.05) is 20.6 Å². The molecule has 0 fully saturated rings. The van der Waals surface area contributed by atoms with Crippen LogP contribution in [-0.2, 0) is 13.0 Å². The second kappa shape index (κ2) is 8.10. The van der Waals surface area contributed by atoms with E-state index < -0.39 is 0 Å². The highest BCUT2D eigenvalue weighted by molar-refractivity contribution is 5.94. The first-order valence-electron chi connectivity index (χ1n) is 8.36. The molecule has 0 saturated heterocycles. The van der Waals surface area contributed by atoms with Gasteiger partial charge in [-0.25, -0.2) is 0 Å². The van der Waals surface area contributed by atoms with Gasteiger partial charge in [-0.05, 0) is 44.6 Å². The summed E-state index contributed by atoms with van der Waals surface area (Å²) in [6, 6.07) is 16.5. The maximum atomic E-state index is 11.4. The first kappa shape index (κ1) is 18.9. The van der Waals surface area contributed by atoms with Crippen LogP contribution in [-0.4, -0.2) is 41.4 Å². The zero-order valence-electron chi connectivity index (χ0n) is 15.1. The van der Waals surface area contributed by atoms with E-state index in [1.807, 2.05) is 24.3 Å². The second-order valence-corrected chi connectivity index (χ2v) is 6.61. The van der Waals surface area contributed by atoms with Crippen molar-refractivity contribution in [3.05, 3.63) is 71.4 Å². The van der Waals surface area contributed by atoms with E-state index in [1.165, 1.54) is 22.0 Å². The molecule has 4 nitrogen and oxygen atoms in total. The van der Waals surface area contributed by atoms with Crippen molar-refractivity contribution in [1.82, 2.24) is 9.47 Å². The Hall–Kier alpha value is -2.43. The number of nitrogens with zero attached hydrogens (tertiary/aromatic N) is 2. The van der Waals surface area contributed by atoms with E-state index in [2.05, 4.69) is 54.0 Å². The lowest BCUT2D eigenvalue weighted by molar-refractivity contribution is 0.101. The van der Waals surface area contributed by atoms with Gasteiger partial charge in [-0.2, -0.15) is 0 Å². The van der Waals surface area contributed by atoms with Crippen LogP contribution in [0.3, 0.4) is 0 Å². The van der Waals surface area contributed by atoms with Gasteiger partial charge in [0.25, 0.3) is 0 Å². The lowest BCUT2D eigenvalue weighted by Crippen LogP contribution is -2.14. The summed E-state index contributed by atoms with van der Waals surface area (Å²) in [5.41, 5.74) is 4.63. The third kappa shape index (κ3) is 4.35. The average molecular weight is 338 g/mol. The molecule has 2 N–H and O–H groups in total. The molecule has 1 heterocycles. The van der Waals surface area contributed by atoms with E-state index in [-0.39, 0.29) is 11.3 Å². The van der Waals surface area contributed by atoms with Crippen molar-refractivity contribution >= 4 is 16.7 Å². The van der Waals surface area contributed by atoms with E-state index in [0.29, 0.717) is 0 Å². The molecule has 0 bridgehead atoms. The molecule has 0 saturated carbocycles. The maximum Gasteiger partial charge on any atom is 0.159 e. The number of hydrogen-bond acceptors (Lipinski definition) is 2. The normalized spacial score (nSPS) is 10.9. The van der Waals surface area contributed by atoms with Gasteiger partial charge in [-0.1, -0.05) is 42.5 Å². The van der Waals surface area contributed by atoms with Gasteiger partial charge in [0.2, 0.25) is 0 Å². The highest BCUT2D eigenvalue weighted by atomic mass is 16.1. The molecule has 0 aliphatic heterocycles. The van der Waals surface area contributed by atoms with Crippen LogP contribution in [0.5, 0.6) is 0 Å². The van der Waals surface area contributed by atoms with Crippen molar-refractivity contribution in [3.8, 4) is 0 Å². The first-order chi connectivity index (χ1) is 11.5. The monoisotopic (exact) mass is 338 g/mol. The summed E-state index contributed by atoms with van der Waals surface area (Å²) in [4.78, 5) is 13.6. The first-order valence-corrected chi connectivity index (χ1v) is 8.36. The summed E-state index contributed by atoms with van der Waals surface area (Å²) in [5.74, 6) is 0.110. The van der Waals surface area contributed by atoms with E-state index >= 15 is 0 Å². The summed E-state index contributed by atoms with van der Waals surface area (Å²) in [7, 11) is 4.21. The molecule has 0 aliphatic carbocycles. The number of benzene rings is 2. The summed E-state index contributed by atoms with van der Waals surface area (Å²) < 4.78 is 2.31. The Morgan fingerprint density at radius 3 is 2.36 bits per heavy atom. The van der Waals surface area contributed by atoms with Crippen molar-refractivity contribution in [3.63, 3.8) is 0 Å². The number of Topliss-reactive ketones (excluding diaryl/α,β-unsaturated/α-hetero) is 1. The fraction of sp³-hybridized carbons (Fsp3) is 0.286. The Morgan fingerprint density at radius 2 is 1.72 bits per heavy atom. The predicted octanol–water partition coefficient (Wildman–Crippen LogP) is 3.17. The third-order valence-electron chi connectivity index (χ3n) is 4.41. The molecule has 0 aliphatic rings. The Morgan fingerprint density at radius 1 is 1.04 bits per heavy atom. The minimum Gasteiger partial charge on any atom is -0.412 e. The van der Waals surface area contributed by atoms with Crippen LogP contribution in [0, 0.1) is 0 Å². The molecule has 0 spiro atoms. The van der Waals surface area contributed by atoms with Crippen molar-refractivity contribution in [2.45, 2.75) is 19.9 Å². The SMILES string of the molecule is CC(=O)c1ccc(Cn2cc(CCN(C)C)c3ccccc32)cc1.O. The van der Waals surface area contributed by atoms with Gasteiger partial charge in [0, 0.05) is 35.8 Å². The number of carbonyl (C=O) groups excluding carboxylic acids is 1. The van der Waals surface area contributed by atoms with E-state index in [9.17, 15) is 4.79 Å². The molecular formula is C21H26N2O2. The van der Waals surface area contributed by atoms with E-state index in [4.69, 9.17) is 0 Å². The molecule has 1 aromatic heterocycles. The zero-order chi connectivity index (χ0) is 17.1. The van der Waals surface area contributed by atoms with Crippen LogP contribution in [0.4, 0.5) is 0 Å². The maximum absolute atomic E-state index is 11.4. The van der Waals surface area contributed by atoms with Gasteiger partial charge < -0.3 is 14.9 Å². The van der Waals surface area contributed by atoms with Gasteiger partial charge >= 0.3 is 0 Å². The molecule has 25 heavy (non-hydrogen) atoms. The van der Waals surface area contributed by atoms with Gasteiger partial charge in [0.15, 0.2) is 5.78 Å². The summed E-state index contributed by atoms with van der Waals surface area (Å²) >= 11 is 0. The lowest BCUT2D eigenvalue weighted by Gasteiger charge is -2.08. The lowest BCUT2D eigenvalue weighted by atomic mass is 10.1. The molecule has 132 valence electrons. The summed E-state index contributed by atoms with van der Waals surface area (Å²) in [6.45, 7) is 3.47. The van der Waals surface area contributed by atoms with E-state index in [0.717, 1.165) is 25.1 Å². The fourth-order valence-corrected chi connectivity index (χ4v) is 3.04. The molecule has 4 heteroatoms. The number of aromatic nitrogens is 1. The highest BCUT2D eigenvalue weighted by Crippen LogP contribution is 2.23. The second-order valence-electron chi connectivity index (χ2n) is 6.61. The van der Waals surface area contributed by atoms with Crippen molar-refractivity contribution in [2.24, 2.45) is 0 Å². The topological polar surface area (TPSA) is 56.7 Å². The number of hydrogen-bond donors (Lipinski definition) is 0. The predicted molar refractivity (Wildman–Crippen MR) is 103 cm³/mol. The molecule has 3 rings (SSSR count). The summed E-state index contributed by atoms with van der Waals surface area (Å²) in [6.07, 6.45) is 3.32. The number of ketones is 1. The Balaban J connectivity index is 0.00000225. The van der Waals surface area contributed by atoms with Gasteiger partial charge in [0.05, 0.1) is 0 Å². The van der Waals surface area contributed by atoms with Crippen LogP contribution in [0.15, 0.2) is 54.7 Å². The minimum absolute atomic E-state index is 0. The molecule has 0 unspecified atom stereocenters. The standard InChI is InChI=1S/C21H24N2O.H2O/c1-16(24)18-10-8-17(9-11-18)14-23-15-19(12-13-22(2)3)20-6-4-5-7-21(20)23;/h4-11,15H,12-14H2,1-3H3;1H2. The molecule has 0 atom stereocenters. The van der Waals surface area contributed by atoms with Gasteiger partial charge in [-0.15, -0.1) is 0 Å². The Labute approximate surface area is 149 Å². The molecule has 0 radical (unpaired) electrons. The molecule has 0 amide bonds. The van der Waals surface area contributed by atoms with Gasteiger partial charge in [-0.3, -0.25) is 4.79 Å². The number of carbonyl (C=O) groups is 1. The fourth-order valence-electron chi connectivity index (χ4n) is 3.04. The summed E-state index contributed by atoms with van der Waals surface area (Å²) in [5, 5.41) is 1.33. The van der Waals surface area contributed by atoms with E-state index in [1.54, 1.807) is 6.92 Å². The zero-order valence-corrected chi connectivity index (χ0v) is 15.1. The van der Waals surface area contributed by atoms with Crippen LogP contribution in [0.25, 0.3) is 10.9 Å². The molecule has 3 aromatic rings. The smallest absolute Gasteiger partial charge is 0.159 e. The van der Waals surface area contributed by atoms with Crippen LogP contribution in [0.2, 0.25) is 0 Å². The Kier molecular flexibility index (Phi) is 6.12. The quantitative estimate of drug-likeness (QED) is 0.648. The van der Waals surface area contributed by atoms with Crippen molar-refractivity contribution < 1.29 is 10.3 Å². The van der Waals surface area contributed by atoms with Crippen molar-refractivity contribution in [1.29, 1.82) is 0 Å². The van der Waals surface area contributed by atoms with Crippen LogP contribution >= 0.6 is 0 Å². The molecular weight excluding hydrogens is 312 g/mol. The van der Waals surface area contributed by atoms with Gasteiger partial charge in [0.1, 0.15) is 0 Å². The minimum atomic E-state index is 0. The average Bonchev–Trinajstić information content (AvgIpc) is 2.91. The number of para-hydroxylation sites is 1. The third-order valence-corrected chi connectivity index (χ3v) is 4.41. The van der Waals surface area contributed by atoms with Crippen LogP contribution in [0.1, 0.15) is 28.4 Å². The number of fused-ring (bicyclic) bond motifs is 1. The molecule has 2 aromatic carbocycles. The number of rotatable bonds is 6. The number of likely N-dealkylation sites (N-methyl/N-ethyl adjacent to an activating group) is 1. The Bertz CT molecular complexity index is 848.